The van der Waals surface area contributed by atoms with Crippen molar-refractivity contribution in [1.29, 1.82) is 0 Å². The summed E-state index contributed by atoms with van der Waals surface area (Å²) in [5.74, 6) is -1.12. The molecule has 0 spiro atoms. The number of carbonyl (C=O) groups is 1. The molecule has 1 aromatic carbocycles. The number of carbonyl (C=O) groups excluding carboxylic acids is 1. The van der Waals surface area contributed by atoms with Gasteiger partial charge in [-0.1, -0.05) is 13.0 Å². The zero-order valence-electron chi connectivity index (χ0n) is 13.8. The molecule has 0 saturated carbocycles. The summed E-state index contributed by atoms with van der Waals surface area (Å²) in [6, 6.07) is 2.69. The van der Waals surface area contributed by atoms with Crippen LogP contribution in [0.5, 0.6) is 0 Å². The van der Waals surface area contributed by atoms with Crippen LogP contribution in [-0.4, -0.2) is 49.8 Å². The molecule has 0 radical (unpaired) electrons. The van der Waals surface area contributed by atoms with Crippen LogP contribution >= 0.6 is 0 Å². The molecular formula is C16H25F2N3O2. The molecule has 3 N–H and O–H groups in total. The topological polar surface area (TPSA) is 64.6 Å². The minimum absolute atomic E-state index is 0.0635. The first-order chi connectivity index (χ1) is 10.9. The van der Waals surface area contributed by atoms with Gasteiger partial charge in [-0.15, -0.1) is 0 Å². The number of aliphatic hydroxyl groups is 1. The molecule has 1 rings (SSSR count). The molecule has 23 heavy (non-hydrogen) atoms. The Kier molecular flexibility index (Phi) is 7.91. The fourth-order valence-corrected chi connectivity index (χ4v) is 2.21. The third-order valence-electron chi connectivity index (χ3n) is 3.65. The Hall–Kier alpha value is -1.73. The van der Waals surface area contributed by atoms with E-state index < -0.39 is 23.7 Å². The lowest BCUT2D eigenvalue weighted by molar-refractivity contribution is 0.225. The lowest BCUT2D eigenvalue weighted by atomic mass is 10.0. The quantitative estimate of drug-likeness (QED) is 0.682. The van der Waals surface area contributed by atoms with Gasteiger partial charge in [0.2, 0.25) is 0 Å². The minimum Gasteiger partial charge on any atom is -0.396 e. The number of hydrogen-bond donors (Lipinski definition) is 3. The van der Waals surface area contributed by atoms with Crippen LogP contribution in [0.2, 0.25) is 0 Å². The highest BCUT2D eigenvalue weighted by atomic mass is 19.1. The average Bonchev–Trinajstić information content (AvgIpc) is 2.48. The lowest BCUT2D eigenvalue weighted by Crippen LogP contribution is -2.42. The van der Waals surface area contributed by atoms with Crippen molar-refractivity contribution in [3.8, 4) is 0 Å². The minimum atomic E-state index is -0.637. The van der Waals surface area contributed by atoms with E-state index >= 15 is 0 Å². The summed E-state index contributed by atoms with van der Waals surface area (Å²) in [6.07, 6.45) is 0.598. The highest BCUT2D eigenvalue weighted by molar-refractivity contribution is 5.73. The standard InChI is InChI=1S/C16H25F2N3O2/c1-11(7-8-22)9-19-16(23)20-10-14(21(2)3)15-12(17)5-4-6-13(15)18/h4-6,11,14,22H,7-10H2,1-3H3,(H2,19,20,23). The molecule has 0 fully saturated rings. The van der Waals surface area contributed by atoms with Crippen LogP contribution in [0.15, 0.2) is 18.2 Å². The SMILES string of the molecule is CC(CCO)CNC(=O)NCC(c1c(F)cccc1F)N(C)C. The maximum absolute atomic E-state index is 13.9. The summed E-state index contributed by atoms with van der Waals surface area (Å²) in [4.78, 5) is 13.4. The fourth-order valence-electron chi connectivity index (χ4n) is 2.21. The first-order valence-electron chi connectivity index (χ1n) is 7.59. The third kappa shape index (κ3) is 6.11. The smallest absolute Gasteiger partial charge is 0.314 e. The second-order valence-corrected chi connectivity index (χ2v) is 5.82. The lowest BCUT2D eigenvalue weighted by Gasteiger charge is -2.26. The normalized spacial score (nSPS) is 13.7. The van der Waals surface area contributed by atoms with Gasteiger partial charge in [-0.2, -0.15) is 0 Å². The van der Waals surface area contributed by atoms with Crippen molar-refractivity contribution in [2.24, 2.45) is 5.92 Å². The summed E-state index contributed by atoms with van der Waals surface area (Å²) in [7, 11) is 3.39. The summed E-state index contributed by atoms with van der Waals surface area (Å²) in [6.45, 7) is 2.48. The van der Waals surface area contributed by atoms with Crippen LogP contribution in [0, 0.1) is 17.6 Å². The number of nitrogens with one attached hydrogen (secondary N) is 2. The Morgan fingerprint density at radius 3 is 2.30 bits per heavy atom. The molecule has 0 aliphatic heterocycles. The van der Waals surface area contributed by atoms with E-state index in [0.29, 0.717) is 13.0 Å². The number of benzene rings is 1. The molecule has 0 bridgehead atoms. The van der Waals surface area contributed by atoms with Gasteiger partial charge in [-0.25, -0.2) is 13.6 Å². The first-order valence-corrected chi connectivity index (χ1v) is 7.59. The largest absolute Gasteiger partial charge is 0.396 e. The number of likely N-dealkylation sites (N-methyl/N-ethyl adjacent to an activating group) is 1. The van der Waals surface area contributed by atoms with Gasteiger partial charge >= 0.3 is 6.03 Å². The van der Waals surface area contributed by atoms with Crippen molar-refractivity contribution in [2.75, 3.05) is 33.8 Å². The van der Waals surface area contributed by atoms with E-state index in [9.17, 15) is 13.6 Å². The van der Waals surface area contributed by atoms with E-state index in [1.165, 1.54) is 18.2 Å². The van der Waals surface area contributed by atoms with Gasteiger partial charge in [0.25, 0.3) is 0 Å². The van der Waals surface area contributed by atoms with Gasteiger partial charge in [0, 0.05) is 25.3 Å². The van der Waals surface area contributed by atoms with E-state index in [1.54, 1.807) is 19.0 Å². The monoisotopic (exact) mass is 329 g/mol. The highest BCUT2D eigenvalue weighted by Gasteiger charge is 2.22. The van der Waals surface area contributed by atoms with E-state index in [4.69, 9.17) is 5.11 Å². The summed E-state index contributed by atoms with van der Waals surface area (Å²) >= 11 is 0. The van der Waals surface area contributed by atoms with Crippen LogP contribution in [-0.2, 0) is 0 Å². The van der Waals surface area contributed by atoms with Crippen LogP contribution < -0.4 is 10.6 Å². The van der Waals surface area contributed by atoms with Crippen molar-refractivity contribution in [3.63, 3.8) is 0 Å². The number of halogens is 2. The van der Waals surface area contributed by atoms with Gasteiger partial charge in [-0.05, 0) is 38.6 Å². The summed E-state index contributed by atoms with van der Waals surface area (Å²) in [5.41, 5.74) is -0.0635. The van der Waals surface area contributed by atoms with Gasteiger partial charge in [0.05, 0.1) is 6.04 Å². The Labute approximate surface area is 135 Å². The summed E-state index contributed by atoms with van der Waals surface area (Å²) < 4.78 is 27.8. The molecule has 0 aromatic heterocycles. The molecule has 7 heteroatoms. The average molecular weight is 329 g/mol. The molecule has 0 saturated heterocycles. The fraction of sp³-hybridized carbons (Fsp3) is 0.562. The number of urea groups is 1. The third-order valence-corrected chi connectivity index (χ3v) is 3.65. The molecule has 0 aliphatic rings. The molecule has 2 amide bonds. The van der Waals surface area contributed by atoms with E-state index in [1.807, 2.05) is 6.92 Å². The van der Waals surface area contributed by atoms with Gasteiger partial charge in [0.15, 0.2) is 0 Å². The maximum atomic E-state index is 13.9. The number of nitrogens with zero attached hydrogens (tertiary/aromatic N) is 1. The zero-order valence-corrected chi connectivity index (χ0v) is 13.8. The van der Waals surface area contributed by atoms with E-state index in [0.717, 1.165) is 0 Å². The second kappa shape index (κ2) is 9.42. The summed E-state index contributed by atoms with van der Waals surface area (Å²) in [5, 5.41) is 14.1. The Balaban J connectivity index is 2.63. The molecule has 2 unspecified atom stereocenters. The van der Waals surface area contributed by atoms with Crippen molar-refractivity contribution in [2.45, 2.75) is 19.4 Å². The van der Waals surface area contributed by atoms with Crippen molar-refractivity contribution < 1.29 is 18.7 Å². The molecule has 0 aliphatic carbocycles. The van der Waals surface area contributed by atoms with Crippen LogP contribution in [0.1, 0.15) is 24.9 Å². The molecular weight excluding hydrogens is 304 g/mol. The van der Waals surface area contributed by atoms with Crippen molar-refractivity contribution >= 4 is 6.03 Å². The Morgan fingerprint density at radius 1 is 1.22 bits per heavy atom. The Bertz CT molecular complexity index is 492. The van der Waals surface area contributed by atoms with E-state index in [2.05, 4.69) is 10.6 Å². The molecule has 1 aromatic rings. The predicted molar refractivity (Wildman–Crippen MR) is 85.1 cm³/mol. The zero-order chi connectivity index (χ0) is 17.4. The number of amides is 2. The van der Waals surface area contributed by atoms with Gasteiger partial charge < -0.3 is 20.6 Å². The highest BCUT2D eigenvalue weighted by Crippen LogP contribution is 2.23. The molecule has 5 nitrogen and oxygen atoms in total. The number of hydrogen-bond acceptors (Lipinski definition) is 3. The first kappa shape index (κ1) is 19.3. The van der Waals surface area contributed by atoms with Crippen molar-refractivity contribution in [3.05, 3.63) is 35.4 Å². The van der Waals surface area contributed by atoms with Crippen LogP contribution in [0.25, 0.3) is 0 Å². The van der Waals surface area contributed by atoms with Crippen LogP contribution in [0.3, 0.4) is 0 Å². The predicted octanol–water partition coefficient (Wildman–Crippen LogP) is 1.89. The van der Waals surface area contributed by atoms with E-state index in [-0.39, 0.29) is 24.6 Å². The van der Waals surface area contributed by atoms with Crippen molar-refractivity contribution in [1.82, 2.24) is 15.5 Å². The number of rotatable bonds is 8. The second-order valence-electron chi connectivity index (χ2n) is 5.82. The van der Waals surface area contributed by atoms with Gasteiger partial charge in [-0.3, -0.25) is 0 Å². The van der Waals surface area contributed by atoms with Gasteiger partial charge in [0.1, 0.15) is 11.6 Å². The molecule has 2 atom stereocenters. The molecule has 130 valence electrons. The maximum Gasteiger partial charge on any atom is 0.314 e. The number of aliphatic hydroxyl groups excluding tert-OH is 1. The van der Waals surface area contributed by atoms with Crippen LogP contribution in [0.4, 0.5) is 13.6 Å². The Morgan fingerprint density at radius 2 is 1.78 bits per heavy atom. The molecule has 0 heterocycles.